The second-order valence-electron chi connectivity index (χ2n) is 7.68. The van der Waals surface area contributed by atoms with Crippen molar-refractivity contribution < 1.29 is 0 Å². The summed E-state index contributed by atoms with van der Waals surface area (Å²) in [4.78, 5) is 18.4. The second-order valence-corrected chi connectivity index (χ2v) is 7.68. The van der Waals surface area contributed by atoms with Crippen LogP contribution in [0.15, 0.2) is 72.2 Å². The molecular weight excluding hydrogens is 386 g/mol. The number of hydrogen-bond donors (Lipinski definition) is 3. The number of H-pyrrole nitrogens is 1. The third kappa shape index (κ3) is 7.86. The number of guanidine groups is 1. The molecule has 31 heavy (non-hydrogen) atoms. The predicted molar refractivity (Wildman–Crippen MR) is 126 cm³/mol. The second kappa shape index (κ2) is 12.5. The summed E-state index contributed by atoms with van der Waals surface area (Å²) in [5, 5.41) is 3.21. The number of nitrogens with zero attached hydrogens (tertiary/aromatic N) is 4. The minimum atomic E-state index is 0.291. The Balaban J connectivity index is 1.39. The van der Waals surface area contributed by atoms with Gasteiger partial charge in [0, 0.05) is 49.3 Å². The number of pyridine rings is 1. The van der Waals surface area contributed by atoms with E-state index in [9.17, 15) is 0 Å². The smallest absolute Gasteiger partial charge is 0.188 e. The third-order valence-electron chi connectivity index (χ3n) is 5.29. The van der Waals surface area contributed by atoms with Crippen LogP contribution in [0.1, 0.15) is 35.7 Å². The van der Waals surface area contributed by atoms with Crippen LogP contribution in [0.5, 0.6) is 0 Å². The molecule has 0 aliphatic rings. The Morgan fingerprint density at radius 2 is 2.00 bits per heavy atom. The van der Waals surface area contributed by atoms with Gasteiger partial charge in [0.2, 0.25) is 0 Å². The predicted octanol–water partition coefficient (Wildman–Crippen LogP) is 2.80. The van der Waals surface area contributed by atoms with Crippen LogP contribution < -0.4 is 11.1 Å². The van der Waals surface area contributed by atoms with Gasteiger partial charge in [-0.1, -0.05) is 36.4 Å². The Bertz CT molecular complexity index is 839. The highest BCUT2D eigenvalue weighted by Crippen LogP contribution is 2.26. The summed E-state index contributed by atoms with van der Waals surface area (Å²) in [5.41, 5.74) is 9.54. The number of benzene rings is 1. The highest BCUT2D eigenvalue weighted by atomic mass is 15.1. The topological polar surface area (TPSA) is 95.2 Å². The summed E-state index contributed by atoms with van der Waals surface area (Å²) in [6, 6.07) is 16.7. The van der Waals surface area contributed by atoms with Gasteiger partial charge in [-0.2, -0.15) is 0 Å². The molecule has 0 aliphatic heterocycles. The number of nitrogens with one attached hydrogen (secondary N) is 2. The Morgan fingerprint density at radius 1 is 1.16 bits per heavy atom. The fraction of sp³-hybridized carbons (Fsp3) is 0.375. The lowest BCUT2D eigenvalue weighted by atomic mass is 9.92. The van der Waals surface area contributed by atoms with Crippen molar-refractivity contribution in [1.29, 1.82) is 0 Å². The van der Waals surface area contributed by atoms with Gasteiger partial charge in [-0.3, -0.25) is 9.98 Å². The lowest BCUT2D eigenvalue weighted by Gasteiger charge is -2.22. The quantitative estimate of drug-likeness (QED) is 0.238. The number of aliphatic imine (C=N–C) groups is 1. The van der Waals surface area contributed by atoms with Crippen LogP contribution in [0.3, 0.4) is 0 Å². The van der Waals surface area contributed by atoms with Gasteiger partial charge in [-0.15, -0.1) is 0 Å². The molecule has 7 nitrogen and oxygen atoms in total. The molecule has 0 bridgehead atoms. The van der Waals surface area contributed by atoms with Crippen LogP contribution in [-0.4, -0.2) is 59.0 Å². The van der Waals surface area contributed by atoms with E-state index >= 15 is 0 Å². The molecule has 1 aromatic carbocycles. The molecule has 1 unspecified atom stereocenters. The Morgan fingerprint density at radius 3 is 2.74 bits per heavy atom. The van der Waals surface area contributed by atoms with Crippen LogP contribution in [0.25, 0.3) is 0 Å². The maximum atomic E-state index is 5.99. The van der Waals surface area contributed by atoms with E-state index in [4.69, 9.17) is 5.73 Å². The number of aromatic amines is 1. The minimum absolute atomic E-state index is 0.291. The number of likely N-dealkylation sites (N-methyl/N-ethyl adjacent to an activating group) is 1. The largest absolute Gasteiger partial charge is 0.370 e. The fourth-order valence-corrected chi connectivity index (χ4v) is 3.54. The molecule has 2 heterocycles. The molecule has 3 rings (SSSR count). The molecule has 0 saturated carbocycles. The van der Waals surface area contributed by atoms with Crippen molar-refractivity contribution in [1.82, 2.24) is 25.2 Å². The summed E-state index contributed by atoms with van der Waals surface area (Å²) in [5.74, 6) is 0.799. The van der Waals surface area contributed by atoms with Crippen molar-refractivity contribution in [2.45, 2.75) is 25.2 Å². The zero-order valence-corrected chi connectivity index (χ0v) is 18.2. The van der Waals surface area contributed by atoms with Gasteiger partial charge < -0.3 is 20.9 Å². The zero-order valence-electron chi connectivity index (χ0n) is 18.2. The van der Waals surface area contributed by atoms with E-state index in [-0.39, 0.29) is 0 Å². The fourth-order valence-electron chi connectivity index (χ4n) is 3.54. The monoisotopic (exact) mass is 419 g/mol. The maximum absolute atomic E-state index is 5.99. The Kier molecular flexibility index (Phi) is 9.07. The Labute approximate surface area is 184 Å². The minimum Gasteiger partial charge on any atom is -0.370 e. The first-order valence-corrected chi connectivity index (χ1v) is 10.9. The van der Waals surface area contributed by atoms with Crippen molar-refractivity contribution in [3.05, 3.63) is 84.2 Å². The van der Waals surface area contributed by atoms with Crippen LogP contribution in [0.4, 0.5) is 0 Å². The lowest BCUT2D eigenvalue weighted by Crippen LogP contribution is -2.38. The molecule has 164 valence electrons. The molecule has 7 heteroatoms. The summed E-state index contributed by atoms with van der Waals surface area (Å²) in [6.07, 6.45) is 8.29. The van der Waals surface area contributed by atoms with Crippen molar-refractivity contribution >= 4 is 5.96 Å². The van der Waals surface area contributed by atoms with Crippen molar-refractivity contribution in [3.63, 3.8) is 0 Å². The highest BCUT2D eigenvalue weighted by Gasteiger charge is 2.15. The van der Waals surface area contributed by atoms with E-state index in [1.165, 1.54) is 5.56 Å². The zero-order chi connectivity index (χ0) is 21.7. The number of nitrogens with two attached hydrogens (primary N) is 1. The van der Waals surface area contributed by atoms with Gasteiger partial charge in [0.15, 0.2) is 5.96 Å². The molecule has 0 aliphatic carbocycles. The normalized spacial score (nSPS) is 12.8. The van der Waals surface area contributed by atoms with E-state index in [2.05, 4.69) is 79.7 Å². The molecule has 0 saturated heterocycles. The molecule has 2 aromatic heterocycles. The van der Waals surface area contributed by atoms with E-state index in [1.54, 1.807) is 6.33 Å². The first-order valence-electron chi connectivity index (χ1n) is 10.9. The summed E-state index contributed by atoms with van der Waals surface area (Å²) >= 11 is 0. The van der Waals surface area contributed by atoms with Crippen LogP contribution in [0.2, 0.25) is 0 Å². The van der Waals surface area contributed by atoms with E-state index < -0.39 is 0 Å². The van der Waals surface area contributed by atoms with Gasteiger partial charge >= 0.3 is 0 Å². The maximum Gasteiger partial charge on any atom is 0.188 e. The number of aryl methyl sites for hydroxylation is 1. The average Bonchev–Trinajstić information content (AvgIpc) is 3.32. The summed E-state index contributed by atoms with van der Waals surface area (Å²) in [7, 11) is 2.14. The van der Waals surface area contributed by atoms with E-state index in [0.717, 1.165) is 50.3 Å². The number of imidazole rings is 1. The van der Waals surface area contributed by atoms with Crippen LogP contribution in [0, 0.1) is 0 Å². The molecule has 3 aromatic rings. The SMILES string of the molecule is CN(CCNC(N)=NCCCc1cnc[nH]1)CCC(c1ccccc1)c1ccccn1. The number of rotatable bonds is 12. The van der Waals surface area contributed by atoms with Gasteiger partial charge in [0.1, 0.15) is 0 Å². The summed E-state index contributed by atoms with van der Waals surface area (Å²) < 4.78 is 0. The third-order valence-corrected chi connectivity index (χ3v) is 5.29. The number of hydrogen-bond acceptors (Lipinski definition) is 4. The van der Waals surface area contributed by atoms with Gasteiger partial charge in [0.05, 0.1) is 6.33 Å². The highest BCUT2D eigenvalue weighted by molar-refractivity contribution is 5.77. The van der Waals surface area contributed by atoms with Crippen LogP contribution in [-0.2, 0) is 6.42 Å². The molecule has 0 fully saturated rings. The first-order chi connectivity index (χ1) is 15.2. The average molecular weight is 420 g/mol. The molecule has 4 N–H and O–H groups in total. The van der Waals surface area contributed by atoms with Gasteiger partial charge in [-0.25, -0.2) is 4.98 Å². The van der Waals surface area contributed by atoms with Gasteiger partial charge in [0.25, 0.3) is 0 Å². The molecule has 0 spiro atoms. The molecule has 1 atom stereocenters. The standard InChI is InChI=1S/C24H33N7/c1-31(17-15-29-24(25)28-14-7-10-21-18-26-19-30-21)16-12-22(20-8-3-2-4-9-20)23-11-5-6-13-27-23/h2-6,8-9,11,13,18-19,22H,7,10,12,14-17H2,1H3,(H,26,30)(H3,25,28,29). The van der Waals surface area contributed by atoms with Crippen molar-refractivity contribution in [2.24, 2.45) is 10.7 Å². The van der Waals surface area contributed by atoms with Crippen LogP contribution >= 0.6 is 0 Å². The summed E-state index contributed by atoms with van der Waals surface area (Å²) in [6.45, 7) is 3.34. The molecule has 0 radical (unpaired) electrons. The van der Waals surface area contributed by atoms with Gasteiger partial charge in [-0.05, 0) is 50.6 Å². The first kappa shape index (κ1) is 22.5. The number of aromatic nitrogens is 3. The Hall–Kier alpha value is -3.19. The molecule has 0 amide bonds. The van der Waals surface area contributed by atoms with E-state index in [1.807, 2.05) is 18.5 Å². The van der Waals surface area contributed by atoms with Crippen molar-refractivity contribution in [3.8, 4) is 0 Å². The lowest BCUT2D eigenvalue weighted by molar-refractivity contribution is 0.327. The van der Waals surface area contributed by atoms with Crippen molar-refractivity contribution in [2.75, 3.05) is 33.2 Å². The molecular formula is C24H33N7. The van der Waals surface area contributed by atoms with E-state index in [0.29, 0.717) is 18.4 Å².